The standard InChI is InChI=1S/C20H20ClN7O2/c1-13-7-14(8-24-19(13)28-11-15(21)9-25-28)10-27-12-16-17(26-27)3-5-22-18(16)20(30)23-4-2-6-29/h3,5,7-9,11-12,29H,2,4,6,10H2,1H3,(H,23,30). The normalized spacial score (nSPS) is 11.2. The molecule has 4 aromatic heterocycles. The van der Waals surface area contributed by atoms with Gasteiger partial charge >= 0.3 is 0 Å². The second kappa shape index (κ2) is 8.60. The minimum Gasteiger partial charge on any atom is -0.396 e. The van der Waals surface area contributed by atoms with Crippen LogP contribution in [-0.4, -0.2) is 53.7 Å². The van der Waals surface area contributed by atoms with Crippen LogP contribution < -0.4 is 5.32 Å². The van der Waals surface area contributed by atoms with Crippen molar-refractivity contribution in [3.63, 3.8) is 0 Å². The van der Waals surface area contributed by atoms with Gasteiger partial charge in [0.15, 0.2) is 5.82 Å². The van der Waals surface area contributed by atoms with Crippen LogP contribution in [0.3, 0.4) is 0 Å². The number of pyridine rings is 2. The summed E-state index contributed by atoms with van der Waals surface area (Å²) in [6.45, 7) is 2.86. The second-order valence-corrected chi connectivity index (χ2v) is 7.28. The third kappa shape index (κ3) is 4.17. The maximum Gasteiger partial charge on any atom is 0.270 e. The van der Waals surface area contributed by atoms with Gasteiger partial charge in [-0.25, -0.2) is 9.67 Å². The largest absolute Gasteiger partial charge is 0.396 e. The fourth-order valence-electron chi connectivity index (χ4n) is 3.18. The summed E-state index contributed by atoms with van der Waals surface area (Å²) in [6.07, 6.45) is 8.91. The zero-order valence-electron chi connectivity index (χ0n) is 16.3. The number of aromatic nitrogens is 6. The zero-order chi connectivity index (χ0) is 21.1. The van der Waals surface area contributed by atoms with Crippen molar-refractivity contribution in [1.29, 1.82) is 0 Å². The van der Waals surface area contributed by atoms with E-state index in [1.807, 2.05) is 13.0 Å². The first-order valence-corrected chi connectivity index (χ1v) is 9.80. The van der Waals surface area contributed by atoms with Crippen molar-refractivity contribution >= 4 is 28.4 Å². The molecular weight excluding hydrogens is 406 g/mol. The molecule has 30 heavy (non-hydrogen) atoms. The van der Waals surface area contributed by atoms with Gasteiger partial charge in [0.05, 0.1) is 34.9 Å². The molecule has 154 valence electrons. The van der Waals surface area contributed by atoms with Crippen LogP contribution >= 0.6 is 11.6 Å². The third-order valence-corrected chi connectivity index (χ3v) is 4.73. The zero-order valence-corrected chi connectivity index (χ0v) is 17.0. The number of carbonyl (C=O) groups is 1. The van der Waals surface area contributed by atoms with E-state index in [2.05, 4.69) is 25.5 Å². The summed E-state index contributed by atoms with van der Waals surface area (Å²) in [5.74, 6) is 0.427. The van der Waals surface area contributed by atoms with Crippen LogP contribution in [-0.2, 0) is 6.54 Å². The summed E-state index contributed by atoms with van der Waals surface area (Å²) in [7, 11) is 0. The Kier molecular flexibility index (Phi) is 5.73. The van der Waals surface area contributed by atoms with Gasteiger partial charge in [-0.15, -0.1) is 0 Å². The molecule has 0 atom stereocenters. The molecule has 10 heteroatoms. The van der Waals surface area contributed by atoms with Gasteiger partial charge in [0.1, 0.15) is 5.69 Å². The fourth-order valence-corrected chi connectivity index (χ4v) is 3.31. The van der Waals surface area contributed by atoms with Crippen LogP contribution in [0, 0.1) is 6.92 Å². The van der Waals surface area contributed by atoms with E-state index in [0.29, 0.717) is 46.9 Å². The van der Waals surface area contributed by atoms with Gasteiger partial charge in [0, 0.05) is 31.7 Å². The number of carbonyl (C=O) groups excluding carboxylic acids is 1. The maximum atomic E-state index is 12.4. The van der Waals surface area contributed by atoms with Crippen molar-refractivity contribution in [1.82, 2.24) is 34.8 Å². The van der Waals surface area contributed by atoms with Crippen LogP contribution in [0.2, 0.25) is 5.02 Å². The van der Waals surface area contributed by atoms with E-state index >= 15 is 0 Å². The van der Waals surface area contributed by atoms with E-state index in [0.717, 1.165) is 11.1 Å². The van der Waals surface area contributed by atoms with Crippen molar-refractivity contribution in [3.05, 3.63) is 65.0 Å². The first-order chi connectivity index (χ1) is 14.5. The minimum absolute atomic E-state index is 0.0233. The lowest BCUT2D eigenvalue weighted by molar-refractivity contribution is 0.0948. The summed E-state index contributed by atoms with van der Waals surface area (Å²) >= 11 is 5.94. The smallest absolute Gasteiger partial charge is 0.270 e. The Morgan fingerprint density at radius 3 is 2.87 bits per heavy atom. The summed E-state index contributed by atoms with van der Waals surface area (Å²) in [4.78, 5) is 21.1. The molecular formula is C20H20ClN7O2. The monoisotopic (exact) mass is 425 g/mol. The number of rotatable bonds is 7. The quantitative estimate of drug-likeness (QED) is 0.439. The Labute approximate surface area is 177 Å². The topological polar surface area (TPSA) is 111 Å². The number of hydrogen-bond donors (Lipinski definition) is 2. The first kappa shape index (κ1) is 20.0. The highest BCUT2D eigenvalue weighted by molar-refractivity contribution is 6.30. The van der Waals surface area contributed by atoms with E-state index < -0.39 is 0 Å². The molecule has 0 saturated carbocycles. The van der Waals surface area contributed by atoms with Gasteiger partial charge in [-0.2, -0.15) is 10.2 Å². The number of nitrogens with one attached hydrogen (secondary N) is 1. The Hall–Kier alpha value is -3.30. The van der Waals surface area contributed by atoms with E-state index in [-0.39, 0.29) is 12.5 Å². The molecule has 0 aliphatic heterocycles. The third-order valence-electron chi connectivity index (χ3n) is 4.54. The maximum absolute atomic E-state index is 12.4. The summed E-state index contributed by atoms with van der Waals surface area (Å²) in [6, 6.07) is 3.79. The average Bonchev–Trinajstić information content (AvgIpc) is 3.33. The molecule has 0 aliphatic rings. The van der Waals surface area contributed by atoms with Crippen molar-refractivity contribution in [2.75, 3.05) is 13.2 Å². The summed E-state index contributed by atoms with van der Waals surface area (Å²) < 4.78 is 3.40. The Balaban J connectivity index is 1.56. The van der Waals surface area contributed by atoms with Crippen molar-refractivity contribution in [2.45, 2.75) is 19.9 Å². The Bertz CT molecular complexity index is 1200. The lowest BCUT2D eigenvalue weighted by atomic mass is 10.2. The SMILES string of the molecule is Cc1cc(Cn2cc3c(C(=O)NCCCO)nccc3n2)cnc1-n1cc(Cl)cn1. The van der Waals surface area contributed by atoms with Gasteiger partial charge in [0.2, 0.25) is 0 Å². The predicted octanol–water partition coefficient (Wildman–Crippen LogP) is 2.13. The molecule has 0 aliphatic carbocycles. The molecule has 0 unspecified atom stereocenters. The molecule has 0 saturated heterocycles. The molecule has 4 rings (SSSR count). The molecule has 0 bridgehead atoms. The highest BCUT2D eigenvalue weighted by atomic mass is 35.5. The number of fused-ring (bicyclic) bond motifs is 1. The molecule has 2 N–H and O–H groups in total. The van der Waals surface area contributed by atoms with Gasteiger partial charge in [-0.05, 0) is 36.6 Å². The van der Waals surface area contributed by atoms with Crippen LogP contribution in [0.4, 0.5) is 0 Å². The van der Waals surface area contributed by atoms with Gasteiger partial charge in [0.25, 0.3) is 5.91 Å². The van der Waals surface area contributed by atoms with Gasteiger partial charge in [-0.3, -0.25) is 14.5 Å². The second-order valence-electron chi connectivity index (χ2n) is 6.84. The van der Waals surface area contributed by atoms with Crippen LogP contribution in [0.1, 0.15) is 28.0 Å². The van der Waals surface area contributed by atoms with E-state index in [4.69, 9.17) is 16.7 Å². The van der Waals surface area contributed by atoms with Crippen LogP contribution in [0.15, 0.2) is 43.1 Å². The van der Waals surface area contributed by atoms with Crippen molar-refractivity contribution in [2.24, 2.45) is 0 Å². The number of aliphatic hydroxyl groups excluding tert-OH is 1. The molecule has 0 fully saturated rings. The number of nitrogens with zero attached hydrogens (tertiary/aromatic N) is 6. The van der Waals surface area contributed by atoms with Crippen molar-refractivity contribution in [3.8, 4) is 5.82 Å². The Morgan fingerprint density at radius 2 is 2.13 bits per heavy atom. The first-order valence-electron chi connectivity index (χ1n) is 9.42. The predicted molar refractivity (Wildman–Crippen MR) is 112 cm³/mol. The Morgan fingerprint density at radius 1 is 1.27 bits per heavy atom. The van der Waals surface area contributed by atoms with Gasteiger partial charge in [-0.1, -0.05) is 11.6 Å². The molecule has 0 aromatic carbocycles. The minimum atomic E-state index is -0.284. The number of amides is 1. The molecule has 4 aromatic rings. The molecule has 4 heterocycles. The lowest BCUT2D eigenvalue weighted by Crippen LogP contribution is -2.26. The lowest BCUT2D eigenvalue weighted by Gasteiger charge is -2.07. The number of halogens is 1. The molecule has 0 radical (unpaired) electrons. The van der Waals surface area contributed by atoms with Gasteiger partial charge < -0.3 is 10.4 Å². The molecule has 9 nitrogen and oxygen atoms in total. The number of hydrogen-bond acceptors (Lipinski definition) is 6. The van der Waals surface area contributed by atoms with E-state index in [1.165, 1.54) is 0 Å². The summed E-state index contributed by atoms with van der Waals surface area (Å²) in [5, 5.41) is 21.6. The average molecular weight is 426 g/mol. The number of aryl methyl sites for hydroxylation is 1. The number of aliphatic hydroxyl groups is 1. The van der Waals surface area contributed by atoms with E-state index in [1.54, 1.807) is 46.4 Å². The van der Waals surface area contributed by atoms with Crippen LogP contribution in [0.5, 0.6) is 0 Å². The molecule has 1 amide bonds. The summed E-state index contributed by atoms with van der Waals surface area (Å²) in [5.41, 5.74) is 2.92. The highest BCUT2D eigenvalue weighted by Gasteiger charge is 2.14. The molecule has 0 spiro atoms. The van der Waals surface area contributed by atoms with Crippen LogP contribution in [0.25, 0.3) is 16.7 Å². The van der Waals surface area contributed by atoms with Crippen molar-refractivity contribution < 1.29 is 9.90 Å². The van der Waals surface area contributed by atoms with E-state index in [9.17, 15) is 4.79 Å². The highest BCUT2D eigenvalue weighted by Crippen LogP contribution is 2.18. The fraction of sp³-hybridized carbons (Fsp3) is 0.250.